The molecule has 0 saturated carbocycles. The fourth-order valence-corrected chi connectivity index (χ4v) is 2.35. The van der Waals surface area contributed by atoms with Gasteiger partial charge in [-0.05, 0) is 49.4 Å². The lowest BCUT2D eigenvalue weighted by molar-refractivity contribution is -0.118. The van der Waals surface area contributed by atoms with Crippen LogP contribution in [-0.4, -0.2) is 23.6 Å². The van der Waals surface area contributed by atoms with Crippen LogP contribution >= 0.6 is 11.6 Å². The number of carbonyl (C=O) groups is 2. The quantitative estimate of drug-likeness (QED) is 0.671. The number of benzene rings is 2. The monoisotopic (exact) mass is 385 g/mol. The van der Waals surface area contributed by atoms with Crippen molar-refractivity contribution in [2.75, 3.05) is 17.2 Å². The average Bonchev–Trinajstić information content (AvgIpc) is 3.06. The molecule has 138 valence electrons. The molecule has 2 aromatic carbocycles. The third-order valence-corrected chi connectivity index (χ3v) is 3.71. The fraction of sp³-hybridized carbons (Fsp3) is 0.105. The second-order valence-electron chi connectivity index (χ2n) is 5.65. The Hall–Kier alpha value is -3.32. The Bertz CT molecular complexity index is 954. The van der Waals surface area contributed by atoms with Crippen LogP contribution in [0.2, 0.25) is 5.02 Å². The van der Waals surface area contributed by atoms with E-state index < -0.39 is 0 Å². The SMILES string of the molecule is Cc1cc(NC(=O)c2cccc(NC(=O)COc3ccc(Cl)cc3)c2)no1. The second-order valence-corrected chi connectivity index (χ2v) is 6.08. The van der Waals surface area contributed by atoms with Gasteiger partial charge in [-0.1, -0.05) is 22.8 Å². The molecule has 0 atom stereocenters. The summed E-state index contributed by atoms with van der Waals surface area (Å²) in [5, 5.41) is 9.60. The van der Waals surface area contributed by atoms with Crippen molar-refractivity contribution >= 4 is 34.9 Å². The van der Waals surface area contributed by atoms with Crippen LogP contribution < -0.4 is 15.4 Å². The molecule has 0 aliphatic heterocycles. The lowest BCUT2D eigenvalue weighted by Crippen LogP contribution is -2.20. The molecule has 0 bridgehead atoms. The summed E-state index contributed by atoms with van der Waals surface area (Å²) >= 11 is 5.80. The minimum Gasteiger partial charge on any atom is -0.484 e. The van der Waals surface area contributed by atoms with Crippen molar-refractivity contribution in [3.8, 4) is 5.75 Å². The van der Waals surface area contributed by atoms with Crippen LogP contribution in [0.4, 0.5) is 11.5 Å². The van der Waals surface area contributed by atoms with Crippen LogP contribution in [0.25, 0.3) is 0 Å². The van der Waals surface area contributed by atoms with Crippen LogP contribution in [0, 0.1) is 6.92 Å². The van der Waals surface area contributed by atoms with E-state index in [1.54, 1.807) is 61.5 Å². The zero-order valence-electron chi connectivity index (χ0n) is 14.4. The maximum atomic E-state index is 12.3. The highest BCUT2D eigenvalue weighted by molar-refractivity contribution is 6.30. The number of rotatable bonds is 6. The molecular formula is C19H16ClN3O4. The van der Waals surface area contributed by atoms with E-state index in [9.17, 15) is 9.59 Å². The predicted octanol–water partition coefficient (Wildman–Crippen LogP) is 3.91. The molecule has 8 heteroatoms. The smallest absolute Gasteiger partial charge is 0.262 e. The number of halogens is 1. The van der Waals surface area contributed by atoms with Crippen molar-refractivity contribution in [1.29, 1.82) is 0 Å². The second kappa shape index (κ2) is 8.37. The lowest BCUT2D eigenvalue weighted by atomic mass is 10.2. The number of aromatic nitrogens is 1. The van der Waals surface area contributed by atoms with Crippen LogP contribution in [0.1, 0.15) is 16.1 Å². The van der Waals surface area contributed by atoms with Gasteiger partial charge in [-0.25, -0.2) is 0 Å². The summed E-state index contributed by atoms with van der Waals surface area (Å²) in [6.07, 6.45) is 0. The molecule has 2 amide bonds. The highest BCUT2D eigenvalue weighted by Crippen LogP contribution is 2.16. The summed E-state index contributed by atoms with van der Waals surface area (Å²) in [5.74, 6) is 0.729. The van der Waals surface area contributed by atoms with Crippen molar-refractivity contribution in [2.24, 2.45) is 0 Å². The van der Waals surface area contributed by atoms with E-state index in [0.29, 0.717) is 33.6 Å². The Labute approximate surface area is 160 Å². The molecule has 2 N–H and O–H groups in total. The zero-order chi connectivity index (χ0) is 19.2. The van der Waals surface area contributed by atoms with E-state index in [1.807, 2.05) is 0 Å². The normalized spacial score (nSPS) is 10.3. The Morgan fingerprint density at radius 3 is 2.59 bits per heavy atom. The van der Waals surface area contributed by atoms with Gasteiger partial charge in [0.15, 0.2) is 12.4 Å². The maximum absolute atomic E-state index is 12.3. The predicted molar refractivity (Wildman–Crippen MR) is 101 cm³/mol. The minimum atomic E-state index is -0.364. The van der Waals surface area contributed by atoms with Gasteiger partial charge in [0, 0.05) is 22.3 Å². The van der Waals surface area contributed by atoms with Crippen molar-refractivity contribution in [3.05, 3.63) is 70.9 Å². The van der Waals surface area contributed by atoms with Gasteiger partial charge >= 0.3 is 0 Å². The van der Waals surface area contributed by atoms with Crippen LogP contribution in [-0.2, 0) is 4.79 Å². The number of nitrogens with one attached hydrogen (secondary N) is 2. The summed E-state index contributed by atoms with van der Waals surface area (Å²) in [4.78, 5) is 24.3. The number of hydrogen-bond acceptors (Lipinski definition) is 5. The molecule has 0 saturated heterocycles. The summed E-state index contributed by atoms with van der Waals surface area (Å²) in [6, 6.07) is 14.8. The maximum Gasteiger partial charge on any atom is 0.262 e. The standard InChI is InChI=1S/C19H16ClN3O4/c1-12-9-17(23-27-12)22-19(25)13-3-2-4-15(10-13)21-18(24)11-26-16-7-5-14(20)6-8-16/h2-10H,11H2,1H3,(H,21,24)(H,22,23,25). The first kappa shape index (κ1) is 18.5. The molecule has 3 rings (SSSR count). The Morgan fingerprint density at radius 1 is 1.11 bits per heavy atom. The summed E-state index contributed by atoms with van der Waals surface area (Å²) in [6.45, 7) is 1.56. The van der Waals surface area contributed by atoms with Gasteiger partial charge in [0.2, 0.25) is 0 Å². The average molecular weight is 386 g/mol. The van der Waals surface area contributed by atoms with E-state index in [-0.39, 0.29) is 18.4 Å². The third-order valence-electron chi connectivity index (χ3n) is 3.46. The number of aryl methyl sites for hydroxylation is 1. The van der Waals surface area contributed by atoms with Crippen molar-refractivity contribution in [1.82, 2.24) is 5.16 Å². The van der Waals surface area contributed by atoms with Gasteiger partial charge < -0.3 is 19.9 Å². The highest BCUT2D eigenvalue weighted by Gasteiger charge is 2.11. The highest BCUT2D eigenvalue weighted by atomic mass is 35.5. The van der Waals surface area contributed by atoms with Gasteiger partial charge in [0.25, 0.3) is 11.8 Å². The molecule has 1 aromatic heterocycles. The van der Waals surface area contributed by atoms with Crippen LogP contribution in [0.15, 0.2) is 59.1 Å². The Morgan fingerprint density at radius 2 is 1.89 bits per heavy atom. The molecule has 0 aliphatic rings. The van der Waals surface area contributed by atoms with Crippen LogP contribution in [0.5, 0.6) is 5.75 Å². The first-order chi connectivity index (χ1) is 13.0. The zero-order valence-corrected chi connectivity index (χ0v) is 15.1. The molecule has 1 heterocycles. The first-order valence-electron chi connectivity index (χ1n) is 8.02. The molecular weight excluding hydrogens is 370 g/mol. The van der Waals surface area contributed by atoms with Crippen molar-refractivity contribution < 1.29 is 18.8 Å². The topological polar surface area (TPSA) is 93.5 Å². The molecule has 27 heavy (non-hydrogen) atoms. The Balaban J connectivity index is 1.57. The Kier molecular flexibility index (Phi) is 5.73. The van der Waals surface area contributed by atoms with E-state index >= 15 is 0 Å². The molecule has 0 aliphatic carbocycles. The van der Waals surface area contributed by atoms with Gasteiger partial charge in [0.1, 0.15) is 11.5 Å². The van der Waals surface area contributed by atoms with E-state index in [0.717, 1.165) is 0 Å². The van der Waals surface area contributed by atoms with Gasteiger partial charge in [-0.2, -0.15) is 0 Å². The number of ether oxygens (including phenoxy) is 1. The van der Waals surface area contributed by atoms with E-state index in [2.05, 4.69) is 15.8 Å². The molecule has 3 aromatic rings. The number of carbonyl (C=O) groups excluding carboxylic acids is 2. The number of hydrogen-bond donors (Lipinski definition) is 2. The molecule has 0 unspecified atom stereocenters. The van der Waals surface area contributed by atoms with E-state index in [4.69, 9.17) is 20.9 Å². The minimum absolute atomic E-state index is 0.170. The third kappa shape index (κ3) is 5.32. The summed E-state index contributed by atoms with van der Waals surface area (Å²) in [5.41, 5.74) is 0.843. The lowest BCUT2D eigenvalue weighted by Gasteiger charge is -2.09. The number of anilines is 2. The van der Waals surface area contributed by atoms with Gasteiger partial charge in [-0.3, -0.25) is 9.59 Å². The van der Waals surface area contributed by atoms with Crippen molar-refractivity contribution in [2.45, 2.75) is 6.92 Å². The first-order valence-corrected chi connectivity index (χ1v) is 8.40. The fourth-order valence-electron chi connectivity index (χ4n) is 2.23. The molecule has 0 fully saturated rings. The number of amides is 2. The van der Waals surface area contributed by atoms with Crippen molar-refractivity contribution in [3.63, 3.8) is 0 Å². The molecule has 7 nitrogen and oxygen atoms in total. The van der Waals surface area contributed by atoms with Gasteiger partial charge in [-0.15, -0.1) is 0 Å². The van der Waals surface area contributed by atoms with Gasteiger partial charge in [0.05, 0.1) is 0 Å². The van der Waals surface area contributed by atoms with E-state index in [1.165, 1.54) is 0 Å². The summed E-state index contributed by atoms with van der Waals surface area (Å²) in [7, 11) is 0. The molecule has 0 radical (unpaired) electrons. The number of nitrogens with zero attached hydrogens (tertiary/aromatic N) is 1. The molecule has 0 spiro atoms. The summed E-state index contributed by atoms with van der Waals surface area (Å²) < 4.78 is 10.3. The van der Waals surface area contributed by atoms with Crippen LogP contribution in [0.3, 0.4) is 0 Å². The largest absolute Gasteiger partial charge is 0.484 e.